The highest BCUT2D eigenvalue weighted by molar-refractivity contribution is 5.94. The number of para-hydroxylation sites is 1. The van der Waals surface area contributed by atoms with Gasteiger partial charge < -0.3 is 21.3 Å². The van der Waals surface area contributed by atoms with Crippen molar-refractivity contribution in [2.24, 2.45) is 11.7 Å². The summed E-state index contributed by atoms with van der Waals surface area (Å²) in [4.78, 5) is 38.2. The molecule has 2 heterocycles. The zero-order chi connectivity index (χ0) is 22.5. The van der Waals surface area contributed by atoms with E-state index in [-0.39, 0.29) is 23.6 Å². The van der Waals surface area contributed by atoms with Crippen LogP contribution in [0.25, 0.3) is 5.69 Å². The molecule has 0 saturated carbocycles. The molecule has 3 aromatic rings. The molecule has 1 fully saturated rings. The number of nitrogens with one attached hydrogen (secondary N) is 2. The average Bonchev–Trinajstić information content (AvgIpc) is 3.31. The van der Waals surface area contributed by atoms with Gasteiger partial charge in [-0.2, -0.15) is 5.10 Å². The molecule has 0 aliphatic carbocycles. The van der Waals surface area contributed by atoms with Gasteiger partial charge in [-0.05, 0) is 55.3 Å². The Morgan fingerprint density at radius 2 is 1.66 bits per heavy atom. The van der Waals surface area contributed by atoms with Crippen molar-refractivity contribution in [1.29, 1.82) is 0 Å². The van der Waals surface area contributed by atoms with Crippen LogP contribution in [0.4, 0.5) is 16.2 Å². The highest BCUT2D eigenvalue weighted by atomic mass is 16.2. The number of benzene rings is 2. The van der Waals surface area contributed by atoms with Crippen molar-refractivity contribution in [2.75, 3.05) is 23.7 Å². The summed E-state index contributed by atoms with van der Waals surface area (Å²) in [6, 6.07) is 17.7. The van der Waals surface area contributed by atoms with E-state index in [1.807, 2.05) is 30.3 Å². The topological polar surface area (TPSA) is 122 Å². The molecule has 1 saturated heterocycles. The van der Waals surface area contributed by atoms with Crippen molar-refractivity contribution in [3.8, 4) is 5.69 Å². The minimum absolute atomic E-state index is 0.120. The number of nitrogens with zero attached hydrogens (tertiary/aromatic N) is 3. The largest absolute Gasteiger partial charge is 0.364 e. The number of hydrogen-bond donors (Lipinski definition) is 3. The highest BCUT2D eigenvalue weighted by Gasteiger charge is 2.28. The smallest absolute Gasteiger partial charge is 0.321 e. The Kier molecular flexibility index (Phi) is 6.16. The number of likely N-dealkylation sites (tertiary alicyclic amines) is 1. The van der Waals surface area contributed by atoms with Gasteiger partial charge in [0.2, 0.25) is 5.91 Å². The fourth-order valence-electron chi connectivity index (χ4n) is 3.64. The van der Waals surface area contributed by atoms with Crippen molar-refractivity contribution in [3.05, 3.63) is 72.6 Å². The van der Waals surface area contributed by atoms with E-state index in [1.165, 1.54) is 4.68 Å². The summed E-state index contributed by atoms with van der Waals surface area (Å²) in [6.45, 7) is 0.986. The number of carbonyl (C=O) groups is 3. The molecule has 1 atom stereocenters. The molecular formula is C23H24N6O3. The van der Waals surface area contributed by atoms with E-state index in [2.05, 4.69) is 15.7 Å². The Morgan fingerprint density at radius 3 is 2.34 bits per heavy atom. The normalized spacial score (nSPS) is 15.8. The number of piperidine rings is 1. The first-order chi connectivity index (χ1) is 15.5. The summed E-state index contributed by atoms with van der Waals surface area (Å²) in [5.41, 5.74) is 7.52. The Balaban J connectivity index is 1.34. The second-order valence-electron chi connectivity index (χ2n) is 7.63. The van der Waals surface area contributed by atoms with Crippen LogP contribution < -0.4 is 16.4 Å². The van der Waals surface area contributed by atoms with Crippen molar-refractivity contribution in [1.82, 2.24) is 14.7 Å². The minimum atomic E-state index is -0.591. The Labute approximate surface area is 185 Å². The van der Waals surface area contributed by atoms with E-state index in [4.69, 9.17) is 5.73 Å². The van der Waals surface area contributed by atoms with E-state index >= 15 is 0 Å². The van der Waals surface area contributed by atoms with Crippen molar-refractivity contribution in [3.63, 3.8) is 0 Å². The van der Waals surface area contributed by atoms with Crippen LogP contribution in [-0.2, 0) is 4.79 Å². The first kappa shape index (κ1) is 21.1. The summed E-state index contributed by atoms with van der Waals surface area (Å²) >= 11 is 0. The van der Waals surface area contributed by atoms with Crippen LogP contribution in [0.3, 0.4) is 0 Å². The van der Waals surface area contributed by atoms with Gasteiger partial charge in [0.15, 0.2) is 0 Å². The summed E-state index contributed by atoms with van der Waals surface area (Å²) in [5, 5.41) is 9.90. The predicted octanol–water partition coefficient (Wildman–Crippen LogP) is 2.85. The number of amides is 4. The molecule has 1 aromatic heterocycles. The van der Waals surface area contributed by atoms with Crippen LogP contribution in [0.5, 0.6) is 0 Å². The van der Waals surface area contributed by atoms with Gasteiger partial charge in [0.05, 0.1) is 11.6 Å². The molecule has 2 aromatic carbocycles. The maximum atomic E-state index is 12.8. The fourth-order valence-corrected chi connectivity index (χ4v) is 3.64. The van der Waals surface area contributed by atoms with Crippen LogP contribution >= 0.6 is 0 Å². The molecule has 4 amide bonds. The van der Waals surface area contributed by atoms with Crippen LogP contribution in [0.15, 0.2) is 66.9 Å². The lowest BCUT2D eigenvalue weighted by molar-refractivity contribution is -0.121. The number of primary amides is 1. The van der Waals surface area contributed by atoms with E-state index in [9.17, 15) is 14.4 Å². The molecule has 1 aliphatic heterocycles. The van der Waals surface area contributed by atoms with Gasteiger partial charge in [-0.25, -0.2) is 9.48 Å². The first-order valence-corrected chi connectivity index (χ1v) is 10.4. The van der Waals surface area contributed by atoms with Crippen molar-refractivity contribution >= 4 is 29.2 Å². The highest BCUT2D eigenvalue weighted by Crippen LogP contribution is 2.21. The van der Waals surface area contributed by atoms with E-state index < -0.39 is 5.91 Å². The number of hydrogen-bond acceptors (Lipinski definition) is 4. The zero-order valence-electron chi connectivity index (χ0n) is 17.4. The lowest BCUT2D eigenvalue weighted by Crippen LogP contribution is -2.45. The first-order valence-electron chi connectivity index (χ1n) is 10.4. The maximum Gasteiger partial charge on any atom is 0.321 e. The number of nitrogens with two attached hydrogens (primary N) is 1. The predicted molar refractivity (Wildman–Crippen MR) is 120 cm³/mol. The van der Waals surface area contributed by atoms with Gasteiger partial charge in [-0.15, -0.1) is 0 Å². The van der Waals surface area contributed by atoms with Crippen LogP contribution in [0.2, 0.25) is 0 Å². The molecule has 0 spiro atoms. The van der Waals surface area contributed by atoms with Gasteiger partial charge in [-0.1, -0.05) is 18.2 Å². The third kappa shape index (κ3) is 4.94. The SMILES string of the molecule is NC(=O)c1ccn(-c2ccc(NC(=O)[C@@H]3CCCN(C(=O)Nc4ccccc4)C3)cc2)n1. The number of aromatic nitrogens is 2. The summed E-state index contributed by atoms with van der Waals surface area (Å²) in [6.07, 6.45) is 3.13. The third-order valence-electron chi connectivity index (χ3n) is 5.35. The summed E-state index contributed by atoms with van der Waals surface area (Å²) in [5.74, 6) is -0.995. The Bertz CT molecular complexity index is 1110. The lowest BCUT2D eigenvalue weighted by atomic mass is 9.97. The summed E-state index contributed by atoms with van der Waals surface area (Å²) < 4.78 is 1.54. The maximum absolute atomic E-state index is 12.8. The molecule has 32 heavy (non-hydrogen) atoms. The Hall–Kier alpha value is -4.14. The van der Waals surface area contributed by atoms with Crippen molar-refractivity contribution < 1.29 is 14.4 Å². The standard InChI is InChI=1S/C23H24N6O3/c24-21(30)20-12-14-29(27-20)19-10-8-18(9-11-19)25-22(31)16-5-4-13-28(15-16)23(32)26-17-6-2-1-3-7-17/h1-3,6-12,14,16H,4-5,13,15H2,(H2,24,30)(H,25,31)(H,26,32)/t16-/m1/s1. The Morgan fingerprint density at radius 1 is 0.938 bits per heavy atom. The van der Waals surface area contributed by atoms with Gasteiger partial charge in [-0.3, -0.25) is 9.59 Å². The molecular weight excluding hydrogens is 408 g/mol. The quantitative estimate of drug-likeness (QED) is 0.574. The lowest BCUT2D eigenvalue weighted by Gasteiger charge is -2.32. The second-order valence-corrected chi connectivity index (χ2v) is 7.63. The zero-order valence-corrected chi connectivity index (χ0v) is 17.4. The van der Waals surface area contributed by atoms with E-state index in [1.54, 1.807) is 41.4 Å². The number of urea groups is 1. The molecule has 9 nitrogen and oxygen atoms in total. The number of rotatable bonds is 5. The molecule has 164 valence electrons. The fraction of sp³-hybridized carbons (Fsp3) is 0.217. The molecule has 9 heteroatoms. The number of anilines is 2. The van der Waals surface area contributed by atoms with Crippen LogP contribution in [0.1, 0.15) is 23.3 Å². The van der Waals surface area contributed by atoms with Crippen molar-refractivity contribution in [2.45, 2.75) is 12.8 Å². The minimum Gasteiger partial charge on any atom is -0.364 e. The van der Waals surface area contributed by atoms with E-state index in [0.29, 0.717) is 18.8 Å². The van der Waals surface area contributed by atoms with Gasteiger partial charge >= 0.3 is 6.03 Å². The van der Waals surface area contributed by atoms with Gasteiger partial charge in [0, 0.05) is 30.7 Å². The monoisotopic (exact) mass is 432 g/mol. The van der Waals surface area contributed by atoms with E-state index in [0.717, 1.165) is 24.2 Å². The van der Waals surface area contributed by atoms with Gasteiger partial charge in [0.25, 0.3) is 5.91 Å². The van der Waals surface area contributed by atoms with Crippen LogP contribution in [-0.4, -0.2) is 45.6 Å². The molecule has 4 rings (SSSR count). The average molecular weight is 432 g/mol. The summed E-state index contributed by atoms with van der Waals surface area (Å²) in [7, 11) is 0. The molecule has 0 unspecified atom stereocenters. The molecule has 1 aliphatic rings. The number of carbonyl (C=O) groups excluding carboxylic acids is 3. The molecule has 4 N–H and O–H groups in total. The molecule has 0 bridgehead atoms. The second kappa shape index (κ2) is 9.34. The third-order valence-corrected chi connectivity index (χ3v) is 5.35. The van der Waals surface area contributed by atoms with Crippen LogP contribution in [0, 0.1) is 5.92 Å². The van der Waals surface area contributed by atoms with Gasteiger partial charge in [0.1, 0.15) is 5.69 Å². The molecule has 0 radical (unpaired) electrons.